The Hall–Kier alpha value is -1.36. The van der Waals surface area contributed by atoms with E-state index in [0.29, 0.717) is 5.56 Å². The smallest absolute Gasteiger partial charge is 0.235 e. The summed E-state index contributed by atoms with van der Waals surface area (Å²) >= 11 is 0. The maximum atomic E-state index is 12.2. The van der Waals surface area contributed by atoms with E-state index < -0.39 is 27.0 Å². The monoisotopic (exact) mass is 283 g/mol. The van der Waals surface area contributed by atoms with E-state index in [2.05, 4.69) is 5.32 Å². The van der Waals surface area contributed by atoms with Crippen molar-refractivity contribution in [3.05, 3.63) is 29.8 Å². The van der Waals surface area contributed by atoms with Gasteiger partial charge in [0.2, 0.25) is 5.91 Å². The molecule has 1 rings (SSSR count). The zero-order valence-electron chi connectivity index (χ0n) is 11.9. The second-order valence-electron chi connectivity index (χ2n) is 5.31. The Bertz CT molecular complexity index is 562. The summed E-state index contributed by atoms with van der Waals surface area (Å²) in [6.07, 6.45) is 0.739. The fraction of sp³-hybridized carbons (Fsp3) is 0.500. The topological polar surface area (TPSA) is 63.2 Å². The normalized spacial score (nSPS) is 12.2. The van der Waals surface area contributed by atoms with Crippen LogP contribution in [0, 0.1) is 6.92 Å². The standard InChI is InChI=1S/C14H21NO3S/c1-5-14(3,4)15-13(16)10-19(17,18)12-9-7-6-8-11(12)2/h6-9H,5,10H2,1-4H3,(H,15,16). The fourth-order valence-electron chi connectivity index (χ4n) is 1.66. The van der Waals surface area contributed by atoms with Crippen LogP contribution in [0.15, 0.2) is 29.2 Å². The van der Waals surface area contributed by atoms with E-state index in [0.717, 1.165) is 6.42 Å². The van der Waals surface area contributed by atoms with Crippen molar-refractivity contribution < 1.29 is 13.2 Å². The molecule has 0 saturated heterocycles. The van der Waals surface area contributed by atoms with Crippen molar-refractivity contribution >= 4 is 15.7 Å². The molecule has 0 aromatic heterocycles. The van der Waals surface area contributed by atoms with E-state index in [1.807, 2.05) is 20.8 Å². The zero-order valence-corrected chi connectivity index (χ0v) is 12.7. The van der Waals surface area contributed by atoms with Gasteiger partial charge in [-0.25, -0.2) is 8.42 Å². The largest absolute Gasteiger partial charge is 0.350 e. The van der Waals surface area contributed by atoms with Crippen LogP contribution in [0.2, 0.25) is 0 Å². The molecule has 0 unspecified atom stereocenters. The molecule has 0 spiro atoms. The molecule has 0 radical (unpaired) electrons. The number of carbonyl (C=O) groups excluding carboxylic acids is 1. The summed E-state index contributed by atoms with van der Waals surface area (Å²) < 4.78 is 24.4. The van der Waals surface area contributed by atoms with Gasteiger partial charge in [0, 0.05) is 5.54 Å². The highest BCUT2D eigenvalue weighted by Crippen LogP contribution is 2.16. The number of benzene rings is 1. The predicted molar refractivity (Wildman–Crippen MR) is 75.7 cm³/mol. The summed E-state index contributed by atoms with van der Waals surface area (Å²) in [5, 5.41) is 2.73. The van der Waals surface area contributed by atoms with Crippen LogP contribution >= 0.6 is 0 Å². The van der Waals surface area contributed by atoms with Crippen LogP contribution in [0.3, 0.4) is 0 Å². The number of carbonyl (C=O) groups is 1. The lowest BCUT2D eigenvalue weighted by molar-refractivity contribution is -0.120. The Morgan fingerprint density at radius 3 is 2.37 bits per heavy atom. The van der Waals surface area contributed by atoms with Crippen LogP contribution in [0.4, 0.5) is 0 Å². The first-order valence-corrected chi connectivity index (χ1v) is 7.92. The molecule has 0 aliphatic rings. The molecule has 106 valence electrons. The van der Waals surface area contributed by atoms with Crippen LogP contribution in [0.5, 0.6) is 0 Å². The van der Waals surface area contributed by atoms with E-state index in [-0.39, 0.29) is 4.90 Å². The molecule has 0 fully saturated rings. The molecule has 5 heteroatoms. The number of nitrogens with one attached hydrogen (secondary N) is 1. The first-order chi connectivity index (χ1) is 8.68. The predicted octanol–water partition coefficient (Wildman–Crippen LogP) is 2.07. The minimum absolute atomic E-state index is 0.222. The number of hydrogen-bond acceptors (Lipinski definition) is 3. The van der Waals surface area contributed by atoms with Gasteiger partial charge in [0.15, 0.2) is 9.84 Å². The highest BCUT2D eigenvalue weighted by atomic mass is 32.2. The highest BCUT2D eigenvalue weighted by molar-refractivity contribution is 7.92. The van der Waals surface area contributed by atoms with E-state index in [1.54, 1.807) is 25.1 Å². The molecule has 4 nitrogen and oxygen atoms in total. The van der Waals surface area contributed by atoms with Gasteiger partial charge in [-0.15, -0.1) is 0 Å². The van der Waals surface area contributed by atoms with Crippen LogP contribution < -0.4 is 5.32 Å². The Labute approximate surface area is 115 Å². The summed E-state index contributed by atoms with van der Waals surface area (Å²) in [5.74, 6) is -0.975. The molecular formula is C14H21NO3S. The Morgan fingerprint density at radius 2 is 1.84 bits per heavy atom. The van der Waals surface area contributed by atoms with Crippen molar-refractivity contribution in [1.82, 2.24) is 5.32 Å². The molecule has 1 aromatic rings. The summed E-state index contributed by atoms with van der Waals surface area (Å²) in [6.45, 7) is 7.40. The van der Waals surface area contributed by atoms with Gasteiger partial charge in [0.1, 0.15) is 5.75 Å². The van der Waals surface area contributed by atoms with Crippen LogP contribution in [-0.4, -0.2) is 25.6 Å². The molecule has 0 aliphatic carbocycles. The quantitative estimate of drug-likeness (QED) is 0.900. The van der Waals surface area contributed by atoms with Crippen molar-refractivity contribution in [2.24, 2.45) is 0 Å². The third kappa shape index (κ3) is 4.35. The van der Waals surface area contributed by atoms with Gasteiger partial charge in [0.05, 0.1) is 4.90 Å². The molecular weight excluding hydrogens is 262 g/mol. The Kier molecular flexibility index (Phi) is 4.74. The van der Waals surface area contributed by atoms with Crippen molar-refractivity contribution in [1.29, 1.82) is 0 Å². The van der Waals surface area contributed by atoms with E-state index >= 15 is 0 Å². The number of sulfone groups is 1. The average molecular weight is 283 g/mol. The third-order valence-electron chi connectivity index (χ3n) is 3.11. The molecule has 19 heavy (non-hydrogen) atoms. The first kappa shape index (κ1) is 15.7. The van der Waals surface area contributed by atoms with Crippen LogP contribution in [0.1, 0.15) is 32.8 Å². The average Bonchev–Trinajstić information content (AvgIpc) is 2.27. The Morgan fingerprint density at radius 1 is 1.26 bits per heavy atom. The van der Waals surface area contributed by atoms with Crippen molar-refractivity contribution in [2.45, 2.75) is 44.6 Å². The minimum atomic E-state index is -3.58. The van der Waals surface area contributed by atoms with E-state index in [9.17, 15) is 13.2 Å². The SMILES string of the molecule is CCC(C)(C)NC(=O)CS(=O)(=O)c1ccccc1C. The molecule has 0 heterocycles. The number of rotatable bonds is 5. The van der Waals surface area contributed by atoms with Gasteiger partial charge in [-0.1, -0.05) is 25.1 Å². The van der Waals surface area contributed by atoms with Gasteiger partial charge < -0.3 is 5.32 Å². The van der Waals surface area contributed by atoms with Crippen molar-refractivity contribution in [3.8, 4) is 0 Å². The second-order valence-corrected chi connectivity index (χ2v) is 7.27. The van der Waals surface area contributed by atoms with Gasteiger partial charge >= 0.3 is 0 Å². The van der Waals surface area contributed by atoms with Crippen molar-refractivity contribution in [2.75, 3.05) is 5.75 Å². The maximum Gasteiger partial charge on any atom is 0.235 e. The van der Waals surface area contributed by atoms with E-state index in [1.165, 1.54) is 6.07 Å². The number of amides is 1. The third-order valence-corrected chi connectivity index (χ3v) is 4.88. The summed E-state index contributed by atoms with van der Waals surface area (Å²) in [4.78, 5) is 12.0. The molecule has 1 N–H and O–H groups in total. The lowest BCUT2D eigenvalue weighted by Crippen LogP contribution is -2.45. The number of hydrogen-bond donors (Lipinski definition) is 1. The highest BCUT2D eigenvalue weighted by Gasteiger charge is 2.24. The van der Waals surface area contributed by atoms with E-state index in [4.69, 9.17) is 0 Å². The van der Waals surface area contributed by atoms with Gasteiger partial charge in [-0.2, -0.15) is 0 Å². The summed E-state index contributed by atoms with van der Waals surface area (Å²) in [7, 11) is -3.58. The fourth-order valence-corrected chi connectivity index (χ4v) is 3.07. The van der Waals surface area contributed by atoms with Crippen molar-refractivity contribution in [3.63, 3.8) is 0 Å². The lowest BCUT2D eigenvalue weighted by Gasteiger charge is -2.24. The molecule has 0 bridgehead atoms. The molecule has 0 saturated carbocycles. The van der Waals surface area contributed by atoms with Gasteiger partial charge in [0.25, 0.3) is 0 Å². The molecule has 1 aromatic carbocycles. The Balaban J connectivity index is 2.88. The summed E-state index contributed by atoms with van der Waals surface area (Å²) in [6, 6.07) is 6.69. The van der Waals surface area contributed by atoms with Crippen LogP contribution in [0.25, 0.3) is 0 Å². The molecule has 1 amide bonds. The molecule has 0 atom stereocenters. The minimum Gasteiger partial charge on any atom is -0.350 e. The maximum absolute atomic E-state index is 12.2. The summed E-state index contributed by atoms with van der Waals surface area (Å²) in [5.41, 5.74) is 0.267. The van der Waals surface area contributed by atoms with Crippen LogP contribution in [-0.2, 0) is 14.6 Å². The first-order valence-electron chi connectivity index (χ1n) is 6.27. The number of aryl methyl sites for hydroxylation is 1. The lowest BCUT2D eigenvalue weighted by atomic mass is 10.0. The van der Waals surface area contributed by atoms with Gasteiger partial charge in [-0.3, -0.25) is 4.79 Å². The molecule has 0 aliphatic heterocycles. The zero-order chi connectivity index (χ0) is 14.7. The second kappa shape index (κ2) is 5.74. The van der Waals surface area contributed by atoms with Gasteiger partial charge in [-0.05, 0) is 38.8 Å².